The second-order valence-electron chi connectivity index (χ2n) is 11.1. The van der Waals surface area contributed by atoms with E-state index in [1.807, 2.05) is 20.8 Å². The number of carbonyl (C=O) groups excluding carboxylic acids is 1. The van der Waals surface area contributed by atoms with Crippen LogP contribution >= 0.6 is 0 Å². The molecule has 2 fully saturated rings. The average Bonchev–Trinajstić information content (AvgIpc) is 2.78. The van der Waals surface area contributed by atoms with Gasteiger partial charge >= 0.3 is 6.18 Å². The summed E-state index contributed by atoms with van der Waals surface area (Å²) in [6.07, 6.45) is -1.38. The van der Waals surface area contributed by atoms with Crippen molar-refractivity contribution in [3.8, 4) is 0 Å². The number of aliphatic hydroxyl groups is 2. The quantitative estimate of drug-likeness (QED) is 0.474. The maximum atomic E-state index is 13.1. The number of alkyl halides is 3. The lowest BCUT2D eigenvalue weighted by Gasteiger charge is -2.50. The molecule has 1 amide bonds. The molecule has 36 heavy (non-hydrogen) atoms. The molecule has 1 aliphatic heterocycles. The Morgan fingerprint density at radius 3 is 2.47 bits per heavy atom. The minimum absolute atomic E-state index is 0.0146. The van der Waals surface area contributed by atoms with E-state index in [1.165, 1.54) is 12.4 Å². The van der Waals surface area contributed by atoms with E-state index in [2.05, 4.69) is 25.5 Å². The van der Waals surface area contributed by atoms with Crippen LogP contribution in [-0.4, -0.2) is 74.4 Å². The molecule has 1 atom stereocenters. The predicted octanol–water partition coefficient (Wildman–Crippen LogP) is 2.94. The fourth-order valence-corrected chi connectivity index (χ4v) is 5.27. The molecular weight excluding hydrogens is 475 g/mol. The summed E-state index contributed by atoms with van der Waals surface area (Å²) in [6.45, 7) is 7.04. The molecule has 11 heteroatoms. The molecule has 2 aromatic rings. The van der Waals surface area contributed by atoms with Gasteiger partial charge in [-0.3, -0.25) is 9.69 Å². The van der Waals surface area contributed by atoms with Crippen LogP contribution in [0.1, 0.15) is 52.0 Å². The number of nitrogens with one attached hydrogen (secondary N) is 2. The number of likely N-dealkylation sites (tertiary alicyclic amines) is 1. The van der Waals surface area contributed by atoms with Crippen molar-refractivity contribution in [1.82, 2.24) is 20.2 Å². The largest absolute Gasteiger partial charge is 0.416 e. The Balaban J connectivity index is 1.24. The molecule has 1 saturated heterocycles. The summed E-state index contributed by atoms with van der Waals surface area (Å²) in [4.78, 5) is 22.7. The number of fused-ring (bicyclic) bond motifs is 1. The number of carbonyl (C=O) groups is 1. The molecule has 0 spiro atoms. The standard InChI is InChI=1S/C25H34F3N5O3/c1-23(2,3)22(35)24(36)8-6-17(7-9-24)33-12-16(13-33)32-20(34)11-29-21-18-10-15(25(26,27)28)4-5-19(18)30-14-31-21/h4-5,10,14,16-17,22,35-36H,6-9,11-13H2,1-3H3,(H,32,34)(H,29,30,31)/t17-,22?,24-. The van der Waals surface area contributed by atoms with Gasteiger partial charge in [-0.1, -0.05) is 20.8 Å². The van der Waals surface area contributed by atoms with E-state index in [9.17, 15) is 28.2 Å². The van der Waals surface area contributed by atoms with Gasteiger partial charge in [0.1, 0.15) is 12.1 Å². The Morgan fingerprint density at radius 1 is 1.19 bits per heavy atom. The third kappa shape index (κ3) is 5.73. The monoisotopic (exact) mass is 509 g/mol. The molecule has 2 aliphatic rings. The minimum atomic E-state index is -4.49. The van der Waals surface area contributed by atoms with Crippen LogP contribution in [0.4, 0.5) is 19.0 Å². The van der Waals surface area contributed by atoms with Gasteiger partial charge in [0.15, 0.2) is 0 Å². The molecule has 1 aliphatic carbocycles. The summed E-state index contributed by atoms with van der Waals surface area (Å²) in [5, 5.41) is 27.5. The molecule has 1 aromatic heterocycles. The van der Waals surface area contributed by atoms with Crippen molar-refractivity contribution in [2.24, 2.45) is 5.41 Å². The van der Waals surface area contributed by atoms with Gasteiger partial charge in [-0.05, 0) is 49.3 Å². The summed E-state index contributed by atoms with van der Waals surface area (Å²) in [6, 6.07) is 3.51. The maximum absolute atomic E-state index is 13.1. The highest BCUT2D eigenvalue weighted by atomic mass is 19.4. The zero-order valence-corrected chi connectivity index (χ0v) is 20.8. The van der Waals surface area contributed by atoms with Crippen molar-refractivity contribution in [3.63, 3.8) is 0 Å². The molecule has 2 heterocycles. The lowest BCUT2D eigenvalue weighted by atomic mass is 9.70. The fraction of sp³-hybridized carbons (Fsp3) is 0.640. The first-order valence-electron chi connectivity index (χ1n) is 12.3. The number of halogens is 3. The maximum Gasteiger partial charge on any atom is 0.416 e. The van der Waals surface area contributed by atoms with Crippen molar-refractivity contribution in [2.45, 2.75) is 76.4 Å². The van der Waals surface area contributed by atoms with E-state index in [4.69, 9.17) is 0 Å². The van der Waals surface area contributed by atoms with Gasteiger partial charge in [-0.25, -0.2) is 9.97 Å². The number of hydrogen-bond acceptors (Lipinski definition) is 7. The van der Waals surface area contributed by atoms with Crippen molar-refractivity contribution >= 4 is 22.6 Å². The number of benzene rings is 1. The number of aliphatic hydroxyl groups excluding tert-OH is 1. The van der Waals surface area contributed by atoms with Gasteiger partial charge in [-0.2, -0.15) is 13.2 Å². The molecule has 4 N–H and O–H groups in total. The highest BCUT2D eigenvalue weighted by molar-refractivity contribution is 5.91. The third-order valence-corrected chi connectivity index (χ3v) is 7.32. The first-order valence-corrected chi connectivity index (χ1v) is 12.3. The second-order valence-corrected chi connectivity index (χ2v) is 11.1. The van der Waals surface area contributed by atoms with Gasteiger partial charge in [0.25, 0.3) is 0 Å². The Labute approximate surface area is 208 Å². The molecule has 0 bridgehead atoms. The number of rotatable bonds is 6. The van der Waals surface area contributed by atoms with Gasteiger partial charge in [0, 0.05) is 24.5 Å². The number of amides is 1. The van der Waals surface area contributed by atoms with Crippen LogP contribution < -0.4 is 10.6 Å². The molecule has 1 unspecified atom stereocenters. The number of nitrogens with zero attached hydrogens (tertiary/aromatic N) is 3. The van der Waals surface area contributed by atoms with E-state index in [-0.39, 0.29) is 35.1 Å². The van der Waals surface area contributed by atoms with E-state index in [1.54, 1.807) is 0 Å². The average molecular weight is 510 g/mol. The Morgan fingerprint density at radius 2 is 1.86 bits per heavy atom. The molecular formula is C25H34F3N5O3. The molecule has 0 radical (unpaired) electrons. The minimum Gasteiger partial charge on any atom is -0.390 e. The van der Waals surface area contributed by atoms with E-state index >= 15 is 0 Å². The van der Waals surface area contributed by atoms with E-state index in [0.29, 0.717) is 37.5 Å². The van der Waals surface area contributed by atoms with Crippen molar-refractivity contribution in [1.29, 1.82) is 0 Å². The summed E-state index contributed by atoms with van der Waals surface area (Å²) in [5.74, 6) is -0.103. The van der Waals surface area contributed by atoms with Crippen LogP contribution in [0, 0.1) is 5.41 Å². The lowest BCUT2D eigenvalue weighted by Crippen LogP contribution is -2.64. The van der Waals surface area contributed by atoms with Gasteiger partial charge in [-0.15, -0.1) is 0 Å². The zero-order chi connectivity index (χ0) is 26.3. The SMILES string of the molecule is CC(C)(C)C(O)[C@]1(O)CC[C@H](N2CC(NC(=O)CNc3ncnc4ccc(C(F)(F)F)cc34)C2)CC1. The van der Waals surface area contributed by atoms with Crippen LogP contribution in [0.2, 0.25) is 0 Å². The van der Waals surface area contributed by atoms with Crippen LogP contribution in [0.25, 0.3) is 10.9 Å². The summed E-state index contributed by atoms with van der Waals surface area (Å²) in [7, 11) is 0. The number of anilines is 1. The second kappa shape index (κ2) is 9.75. The number of hydrogen-bond donors (Lipinski definition) is 4. The summed E-state index contributed by atoms with van der Waals surface area (Å²) >= 11 is 0. The molecule has 8 nitrogen and oxygen atoms in total. The van der Waals surface area contributed by atoms with E-state index in [0.717, 1.165) is 25.0 Å². The van der Waals surface area contributed by atoms with Crippen molar-refractivity contribution in [2.75, 3.05) is 25.0 Å². The van der Waals surface area contributed by atoms with Gasteiger partial charge < -0.3 is 20.8 Å². The van der Waals surface area contributed by atoms with E-state index < -0.39 is 23.4 Å². The van der Waals surface area contributed by atoms with Crippen LogP contribution in [0.15, 0.2) is 24.5 Å². The summed E-state index contributed by atoms with van der Waals surface area (Å²) in [5.41, 5.74) is -1.91. The van der Waals surface area contributed by atoms with Crippen LogP contribution in [0.3, 0.4) is 0 Å². The third-order valence-electron chi connectivity index (χ3n) is 7.32. The first-order chi connectivity index (χ1) is 16.8. The predicted molar refractivity (Wildman–Crippen MR) is 129 cm³/mol. The zero-order valence-electron chi connectivity index (χ0n) is 20.8. The van der Waals surface area contributed by atoms with Gasteiger partial charge in [0.05, 0.1) is 35.4 Å². The Bertz CT molecular complexity index is 1090. The smallest absolute Gasteiger partial charge is 0.390 e. The Hall–Kier alpha value is -2.50. The van der Waals surface area contributed by atoms with Crippen LogP contribution in [-0.2, 0) is 11.0 Å². The van der Waals surface area contributed by atoms with Crippen molar-refractivity contribution in [3.05, 3.63) is 30.1 Å². The van der Waals surface area contributed by atoms with Gasteiger partial charge in [0.2, 0.25) is 5.91 Å². The molecule has 198 valence electrons. The Kier molecular flexibility index (Phi) is 7.20. The normalized spacial score (nSPS) is 24.8. The topological polar surface area (TPSA) is 111 Å². The molecule has 1 aromatic carbocycles. The summed E-state index contributed by atoms with van der Waals surface area (Å²) < 4.78 is 39.3. The van der Waals surface area contributed by atoms with Crippen LogP contribution in [0.5, 0.6) is 0 Å². The lowest BCUT2D eigenvalue weighted by molar-refractivity contribution is -0.147. The highest BCUT2D eigenvalue weighted by Crippen LogP contribution is 2.40. The molecule has 4 rings (SSSR count). The molecule has 1 saturated carbocycles. The van der Waals surface area contributed by atoms with Crippen molar-refractivity contribution < 1.29 is 28.2 Å². The fourth-order valence-electron chi connectivity index (χ4n) is 5.27. The number of aromatic nitrogens is 2. The first kappa shape index (κ1) is 26.6. The highest BCUT2D eigenvalue weighted by Gasteiger charge is 2.46.